The Hall–Kier alpha value is -2.80. The quantitative estimate of drug-likeness (QED) is 0.781. The third-order valence-corrected chi connectivity index (χ3v) is 2.79. The number of carbonyl (C=O) groups excluding carboxylic acids is 1. The Bertz CT molecular complexity index is 659. The molecule has 0 spiro atoms. The Balaban J connectivity index is 2.11. The van der Waals surface area contributed by atoms with Crippen LogP contribution in [-0.4, -0.2) is 13.4 Å². The van der Waals surface area contributed by atoms with E-state index in [1.165, 1.54) is 7.11 Å². The standard InChI is InChI=1S/C16H13NO3/c1-19-16-8-13(5-6-14(16)9-17)11-20-15-4-2-3-12(7-15)10-18/h2-8,10H,11H2,1H3. The molecule has 0 heterocycles. The average Bonchev–Trinajstić information content (AvgIpc) is 2.52. The van der Waals surface area contributed by atoms with Crippen LogP contribution in [0, 0.1) is 11.3 Å². The van der Waals surface area contributed by atoms with Gasteiger partial charge in [-0.2, -0.15) is 5.26 Å². The maximum atomic E-state index is 10.7. The van der Waals surface area contributed by atoms with Gasteiger partial charge in [0.25, 0.3) is 0 Å². The number of hydrogen-bond acceptors (Lipinski definition) is 4. The van der Waals surface area contributed by atoms with E-state index in [1.54, 1.807) is 36.4 Å². The summed E-state index contributed by atoms with van der Waals surface area (Å²) in [6, 6.07) is 14.3. The van der Waals surface area contributed by atoms with Crippen molar-refractivity contribution in [2.45, 2.75) is 6.61 Å². The van der Waals surface area contributed by atoms with Crippen LogP contribution in [0.15, 0.2) is 42.5 Å². The Morgan fingerprint density at radius 1 is 1.25 bits per heavy atom. The molecule has 0 aliphatic heterocycles. The Morgan fingerprint density at radius 2 is 2.10 bits per heavy atom. The van der Waals surface area contributed by atoms with E-state index in [2.05, 4.69) is 6.07 Å². The molecule has 0 aromatic heterocycles. The van der Waals surface area contributed by atoms with E-state index in [0.29, 0.717) is 29.2 Å². The van der Waals surface area contributed by atoms with Gasteiger partial charge in [0.05, 0.1) is 12.7 Å². The second-order valence-corrected chi connectivity index (χ2v) is 4.13. The van der Waals surface area contributed by atoms with E-state index in [-0.39, 0.29) is 0 Å². The van der Waals surface area contributed by atoms with Crippen LogP contribution in [-0.2, 0) is 6.61 Å². The summed E-state index contributed by atoms with van der Waals surface area (Å²) in [6.07, 6.45) is 0.775. The summed E-state index contributed by atoms with van der Waals surface area (Å²) in [7, 11) is 1.52. The summed E-state index contributed by atoms with van der Waals surface area (Å²) >= 11 is 0. The molecule has 0 radical (unpaired) electrons. The molecule has 20 heavy (non-hydrogen) atoms. The molecule has 0 N–H and O–H groups in total. The maximum absolute atomic E-state index is 10.7. The van der Waals surface area contributed by atoms with Crippen molar-refractivity contribution in [1.82, 2.24) is 0 Å². The minimum atomic E-state index is 0.338. The third kappa shape index (κ3) is 3.15. The van der Waals surface area contributed by atoms with Gasteiger partial charge in [-0.15, -0.1) is 0 Å². The van der Waals surface area contributed by atoms with Crippen molar-refractivity contribution in [3.63, 3.8) is 0 Å². The van der Waals surface area contributed by atoms with Gasteiger partial charge in [-0.25, -0.2) is 0 Å². The smallest absolute Gasteiger partial charge is 0.150 e. The van der Waals surface area contributed by atoms with Crippen LogP contribution < -0.4 is 9.47 Å². The van der Waals surface area contributed by atoms with Crippen LogP contribution in [0.25, 0.3) is 0 Å². The van der Waals surface area contributed by atoms with Gasteiger partial charge in [0.2, 0.25) is 0 Å². The zero-order valence-electron chi connectivity index (χ0n) is 11.0. The van der Waals surface area contributed by atoms with Gasteiger partial charge in [-0.1, -0.05) is 18.2 Å². The van der Waals surface area contributed by atoms with Gasteiger partial charge < -0.3 is 9.47 Å². The third-order valence-electron chi connectivity index (χ3n) is 2.79. The van der Waals surface area contributed by atoms with Crippen molar-refractivity contribution in [1.29, 1.82) is 5.26 Å². The summed E-state index contributed by atoms with van der Waals surface area (Å²) < 4.78 is 10.8. The van der Waals surface area contributed by atoms with Crippen molar-refractivity contribution in [3.8, 4) is 17.6 Å². The number of nitrogens with zero attached hydrogens (tertiary/aromatic N) is 1. The molecule has 100 valence electrons. The first-order chi connectivity index (χ1) is 9.76. The van der Waals surface area contributed by atoms with Crippen LogP contribution in [0.4, 0.5) is 0 Å². The Labute approximate surface area is 117 Å². The largest absolute Gasteiger partial charge is 0.495 e. The fraction of sp³-hybridized carbons (Fsp3) is 0.125. The van der Waals surface area contributed by atoms with Crippen LogP contribution in [0.3, 0.4) is 0 Å². The average molecular weight is 267 g/mol. The zero-order chi connectivity index (χ0) is 14.4. The van der Waals surface area contributed by atoms with E-state index in [9.17, 15) is 4.79 Å². The van der Waals surface area contributed by atoms with E-state index in [4.69, 9.17) is 14.7 Å². The summed E-state index contributed by atoms with van der Waals surface area (Å²) in [6.45, 7) is 0.338. The number of benzene rings is 2. The predicted octanol–water partition coefficient (Wildman–Crippen LogP) is 2.96. The predicted molar refractivity (Wildman–Crippen MR) is 73.9 cm³/mol. The molecular weight excluding hydrogens is 254 g/mol. The lowest BCUT2D eigenvalue weighted by atomic mass is 10.1. The van der Waals surface area contributed by atoms with Crippen LogP contribution >= 0.6 is 0 Å². The molecule has 2 rings (SSSR count). The van der Waals surface area contributed by atoms with Crippen LogP contribution in [0.2, 0.25) is 0 Å². The van der Waals surface area contributed by atoms with Crippen molar-refractivity contribution in [2.75, 3.05) is 7.11 Å². The van der Waals surface area contributed by atoms with E-state index in [1.807, 2.05) is 6.07 Å². The van der Waals surface area contributed by atoms with Crippen molar-refractivity contribution < 1.29 is 14.3 Å². The summed E-state index contributed by atoms with van der Waals surface area (Å²) in [5, 5.41) is 8.91. The number of methoxy groups -OCH3 is 1. The lowest BCUT2D eigenvalue weighted by molar-refractivity contribution is 0.112. The first kappa shape index (κ1) is 13.6. The molecule has 0 fully saturated rings. The molecule has 2 aromatic carbocycles. The molecule has 0 aliphatic rings. The minimum Gasteiger partial charge on any atom is -0.495 e. The highest BCUT2D eigenvalue weighted by atomic mass is 16.5. The topological polar surface area (TPSA) is 59.3 Å². The molecular formula is C16H13NO3. The molecule has 0 aliphatic carbocycles. The first-order valence-electron chi connectivity index (χ1n) is 6.02. The van der Waals surface area contributed by atoms with Gasteiger partial charge in [0.1, 0.15) is 30.5 Å². The molecule has 0 bridgehead atoms. The van der Waals surface area contributed by atoms with E-state index >= 15 is 0 Å². The first-order valence-corrected chi connectivity index (χ1v) is 6.02. The van der Waals surface area contributed by atoms with Gasteiger partial charge >= 0.3 is 0 Å². The highest BCUT2D eigenvalue weighted by Gasteiger charge is 2.04. The number of aldehydes is 1. The second-order valence-electron chi connectivity index (χ2n) is 4.13. The fourth-order valence-corrected chi connectivity index (χ4v) is 1.76. The molecule has 0 unspecified atom stereocenters. The SMILES string of the molecule is COc1cc(COc2cccc(C=O)c2)ccc1C#N. The highest BCUT2D eigenvalue weighted by Crippen LogP contribution is 2.21. The Kier molecular flexibility index (Phi) is 4.35. The zero-order valence-corrected chi connectivity index (χ0v) is 11.0. The van der Waals surface area contributed by atoms with Gasteiger partial charge in [-0.05, 0) is 29.8 Å². The van der Waals surface area contributed by atoms with Crippen LogP contribution in [0.1, 0.15) is 21.5 Å². The van der Waals surface area contributed by atoms with Crippen molar-refractivity contribution in [2.24, 2.45) is 0 Å². The van der Waals surface area contributed by atoms with Gasteiger partial charge in [0, 0.05) is 5.56 Å². The maximum Gasteiger partial charge on any atom is 0.150 e. The molecule has 2 aromatic rings. The molecule has 0 saturated heterocycles. The highest BCUT2D eigenvalue weighted by molar-refractivity contribution is 5.75. The molecule has 4 nitrogen and oxygen atoms in total. The van der Waals surface area contributed by atoms with Gasteiger partial charge in [0.15, 0.2) is 0 Å². The van der Waals surface area contributed by atoms with Crippen molar-refractivity contribution >= 4 is 6.29 Å². The molecule has 4 heteroatoms. The fourth-order valence-electron chi connectivity index (χ4n) is 1.76. The lowest BCUT2D eigenvalue weighted by Crippen LogP contribution is -1.97. The summed E-state index contributed by atoms with van der Waals surface area (Å²) in [5.74, 6) is 1.15. The molecule has 0 amide bonds. The van der Waals surface area contributed by atoms with Crippen molar-refractivity contribution in [3.05, 3.63) is 59.2 Å². The van der Waals surface area contributed by atoms with Gasteiger partial charge in [-0.3, -0.25) is 4.79 Å². The van der Waals surface area contributed by atoms with E-state index < -0.39 is 0 Å². The van der Waals surface area contributed by atoms with E-state index in [0.717, 1.165) is 11.8 Å². The Morgan fingerprint density at radius 3 is 2.80 bits per heavy atom. The van der Waals surface area contributed by atoms with Crippen LogP contribution in [0.5, 0.6) is 11.5 Å². The minimum absolute atomic E-state index is 0.338. The summed E-state index contributed by atoms with van der Waals surface area (Å²) in [4.78, 5) is 10.7. The number of hydrogen-bond donors (Lipinski definition) is 0. The molecule has 0 saturated carbocycles. The normalized spacial score (nSPS) is 9.60. The molecule has 0 atom stereocenters. The number of nitriles is 1. The lowest BCUT2D eigenvalue weighted by Gasteiger charge is -2.09. The number of ether oxygens (including phenoxy) is 2. The monoisotopic (exact) mass is 267 g/mol. The second kappa shape index (κ2) is 6.39. The summed E-state index contributed by atoms with van der Waals surface area (Å²) in [5.41, 5.74) is 1.94. The number of carbonyl (C=O) groups is 1. The number of rotatable bonds is 5.